The summed E-state index contributed by atoms with van der Waals surface area (Å²) in [4.78, 5) is 18.6. The molecule has 21 heavy (non-hydrogen) atoms. The molecule has 1 atom stereocenters. The van der Waals surface area contributed by atoms with Gasteiger partial charge in [-0.25, -0.2) is 0 Å². The number of hydrogen-bond donors (Lipinski definition) is 0. The van der Waals surface area contributed by atoms with Gasteiger partial charge in [0.2, 0.25) is 11.8 Å². The molecule has 2 fully saturated rings. The normalized spacial score (nSPS) is 22.0. The van der Waals surface area contributed by atoms with Gasteiger partial charge in [0.05, 0.1) is 5.92 Å². The van der Waals surface area contributed by atoms with Crippen LogP contribution in [-0.4, -0.2) is 22.6 Å². The maximum absolute atomic E-state index is 12.3. The molecule has 2 aromatic rings. The van der Waals surface area contributed by atoms with E-state index in [0.29, 0.717) is 24.8 Å². The van der Waals surface area contributed by atoms with Gasteiger partial charge in [-0.2, -0.15) is 4.98 Å². The number of nitrogens with zero attached hydrogens (tertiary/aromatic N) is 3. The first-order chi connectivity index (χ1) is 10.2. The summed E-state index contributed by atoms with van der Waals surface area (Å²) in [6.45, 7) is 2.64. The van der Waals surface area contributed by atoms with Crippen molar-refractivity contribution in [2.45, 2.75) is 38.0 Å². The minimum absolute atomic E-state index is 0.0112. The zero-order valence-electron chi connectivity index (χ0n) is 12.0. The van der Waals surface area contributed by atoms with Crippen LogP contribution < -0.4 is 4.90 Å². The molecule has 1 saturated heterocycles. The number of carbonyl (C=O) groups is 1. The average Bonchev–Trinajstić information content (AvgIpc) is 3.08. The van der Waals surface area contributed by atoms with Crippen molar-refractivity contribution in [3.63, 3.8) is 0 Å². The van der Waals surface area contributed by atoms with Gasteiger partial charge in [-0.1, -0.05) is 23.4 Å². The first-order valence-corrected chi connectivity index (χ1v) is 7.42. The molecule has 2 aliphatic rings. The lowest BCUT2D eigenvalue weighted by atomic mass is 10.1. The molecule has 0 unspecified atom stereocenters. The van der Waals surface area contributed by atoms with Crippen molar-refractivity contribution in [3.05, 3.63) is 41.5 Å². The number of anilines is 1. The monoisotopic (exact) mass is 283 g/mol. The highest BCUT2D eigenvalue weighted by Gasteiger charge is 2.37. The maximum atomic E-state index is 12.3. The molecule has 1 aromatic carbocycles. The van der Waals surface area contributed by atoms with Gasteiger partial charge >= 0.3 is 0 Å². The van der Waals surface area contributed by atoms with Crippen LogP contribution in [0.15, 0.2) is 28.8 Å². The SMILES string of the molecule is Cc1ccccc1N1C[C@H](c2nc(C3CC3)no2)CC1=O. The summed E-state index contributed by atoms with van der Waals surface area (Å²) >= 11 is 0. The summed E-state index contributed by atoms with van der Waals surface area (Å²) in [5, 5.41) is 4.05. The summed E-state index contributed by atoms with van der Waals surface area (Å²) in [5.74, 6) is 2.04. The predicted molar refractivity (Wildman–Crippen MR) is 77.2 cm³/mol. The first kappa shape index (κ1) is 12.6. The Hall–Kier alpha value is -2.17. The molecular weight excluding hydrogens is 266 g/mol. The summed E-state index contributed by atoms with van der Waals surface area (Å²) in [6.07, 6.45) is 2.75. The molecule has 1 aliphatic heterocycles. The molecule has 1 aromatic heterocycles. The highest BCUT2D eigenvalue weighted by atomic mass is 16.5. The van der Waals surface area contributed by atoms with Gasteiger partial charge in [0.25, 0.3) is 0 Å². The lowest BCUT2D eigenvalue weighted by Gasteiger charge is -2.18. The highest BCUT2D eigenvalue weighted by molar-refractivity contribution is 5.97. The van der Waals surface area contributed by atoms with E-state index < -0.39 is 0 Å². The van der Waals surface area contributed by atoms with Crippen molar-refractivity contribution < 1.29 is 9.32 Å². The van der Waals surface area contributed by atoms with Gasteiger partial charge in [0.1, 0.15) is 0 Å². The van der Waals surface area contributed by atoms with Crippen LogP contribution in [0, 0.1) is 6.92 Å². The summed E-state index contributed by atoms with van der Waals surface area (Å²) in [7, 11) is 0. The minimum atomic E-state index is 0.0112. The number of benzene rings is 1. The van der Waals surface area contributed by atoms with Crippen molar-refractivity contribution in [1.82, 2.24) is 10.1 Å². The van der Waals surface area contributed by atoms with E-state index in [-0.39, 0.29) is 11.8 Å². The summed E-state index contributed by atoms with van der Waals surface area (Å²) in [6, 6.07) is 7.95. The molecule has 1 saturated carbocycles. The number of amides is 1. The molecule has 1 aliphatic carbocycles. The van der Waals surface area contributed by atoms with Crippen LogP contribution in [-0.2, 0) is 4.79 Å². The molecule has 5 nitrogen and oxygen atoms in total. The van der Waals surface area contributed by atoms with Crippen molar-refractivity contribution in [3.8, 4) is 0 Å². The zero-order valence-corrected chi connectivity index (χ0v) is 12.0. The standard InChI is InChI=1S/C16H17N3O2/c1-10-4-2-3-5-13(10)19-9-12(8-14(19)20)16-17-15(18-21-16)11-6-7-11/h2-5,11-12H,6-9H2,1H3/t12-/m1/s1. The van der Waals surface area contributed by atoms with E-state index in [1.165, 1.54) is 0 Å². The second-order valence-electron chi connectivity index (χ2n) is 5.96. The summed E-state index contributed by atoms with van der Waals surface area (Å²) in [5.41, 5.74) is 2.09. The summed E-state index contributed by atoms with van der Waals surface area (Å²) < 4.78 is 5.37. The Morgan fingerprint density at radius 3 is 2.81 bits per heavy atom. The Balaban J connectivity index is 1.57. The number of carbonyl (C=O) groups excluding carboxylic acids is 1. The van der Waals surface area contributed by atoms with E-state index in [4.69, 9.17) is 4.52 Å². The third-order valence-corrected chi connectivity index (χ3v) is 4.28. The van der Waals surface area contributed by atoms with Crippen molar-refractivity contribution >= 4 is 11.6 Å². The second-order valence-corrected chi connectivity index (χ2v) is 5.96. The fraction of sp³-hybridized carbons (Fsp3) is 0.438. The predicted octanol–water partition coefficient (Wildman–Crippen LogP) is 2.78. The van der Waals surface area contributed by atoms with Crippen LogP contribution in [0.25, 0.3) is 0 Å². The largest absolute Gasteiger partial charge is 0.339 e. The molecule has 1 amide bonds. The number of hydrogen-bond acceptors (Lipinski definition) is 4. The molecule has 4 rings (SSSR count). The van der Waals surface area contributed by atoms with E-state index >= 15 is 0 Å². The number of para-hydroxylation sites is 1. The van der Waals surface area contributed by atoms with Crippen molar-refractivity contribution in [2.75, 3.05) is 11.4 Å². The molecule has 0 bridgehead atoms. The Kier molecular flexibility index (Phi) is 2.80. The fourth-order valence-electron chi connectivity index (χ4n) is 2.89. The van der Waals surface area contributed by atoms with E-state index in [1.807, 2.05) is 36.1 Å². The Bertz CT molecular complexity index is 690. The smallest absolute Gasteiger partial charge is 0.232 e. The lowest BCUT2D eigenvalue weighted by Crippen LogP contribution is -2.25. The Morgan fingerprint density at radius 2 is 2.05 bits per heavy atom. The highest BCUT2D eigenvalue weighted by Crippen LogP contribution is 2.39. The van der Waals surface area contributed by atoms with Crippen molar-refractivity contribution in [2.24, 2.45) is 0 Å². The zero-order chi connectivity index (χ0) is 14.4. The van der Waals surface area contributed by atoms with Crippen LogP contribution in [0.4, 0.5) is 5.69 Å². The van der Waals surface area contributed by atoms with Crippen molar-refractivity contribution in [1.29, 1.82) is 0 Å². The van der Waals surface area contributed by atoms with E-state index in [9.17, 15) is 4.79 Å². The topological polar surface area (TPSA) is 59.2 Å². The van der Waals surface area contributed by atoms with E-state index in [1.54, 1.807) is 0 Å². The molecule has 108 valence electrons. The molecule has 0 N–H and O–H groups in total. The minimum Gasteiger partial charge on any atom is -0.339 e. The van der Waals surface area contributed by atoms with Gasteiger partial charge in [-0.15, -0.1) is 0 Å². The quantitative estimate of drug-likeness (QED) is 0.869. The van der Waals surface area contributed by atoms with Gasteiger partial charge < -0.3 is 9.42 Å². The first-order valence-electron chi connectivity index (χ1n) is 7.42. The molecule has 0 spiro atoms. The number of rotatable bonds is 3. The Morgan fingerprint density at radius 1 is 1.24 bits per heavy atom. The third kappa shape index (κ3) is 2.22. The lowest BCUT2D eigenvalue weighted by molar-refractivity contribution is -0.117. The number of aryl methyl sites for hydroxylation is 1. The van der Waals surface area contributed by atoms with E-state index in [2.05, 4.69) is 10.1 Å². The van der Waals surface area contributed by atoms with Gasteiger partial charge in [0.15, 0.2) is 5.82 Å². The molecule has 0 radical (unpaired) electrons. The maximum Gasteiger partial charge on any atom is 0.232 e. The average molecular weight is 283 g/mol. The van der Waals surface area contributed by atoms with Crippen LogP contribution in [0.1, 0.15) is 48.4 Å². The van der Waals surface area contributed by atoms with Crippen LogP contribution in [0.3, 0.4) is 0 Å². The number of aromatic nitrogens is 2. The van der Waals surface area contributed by atoms with Crippen LogP contribution in [0.5, 0.6) is 0 Å². The second kappa shape index (κ2) is 4.69. The van der Waals surface area contributed by atoms with Crippen LogP contribution in [0.2, 0.25) is 0 Å². The third-order valence-electron chi connectivity index (χ3n) is 4.28. The van der Waals surface area contributed by atoms with Gasteiger partial charge in [-0.05, 0) is 31.4 Å². The Labute approximate surface area is 123 Å². The van der Waals surface area contributed by atoms with Gasteiger partial charge in [0, 0.05) is 24.6 Å². The van der Waals surface area contributed by atoms with Gasteiger partial charge in [-0.3, -0.25) is 4.79 Å². The molecule has 2 heterocycles. The van der Waals surface area contributed by atoms with Crippen LogP contribution >= 0.6 is 0 Å². The molecular formula is C16H17N3O2. The fourth-order valence-corrected chi connectivity index (χ4v) is 2.89. The van der Waals surface area contributed by atoms with E-state index in [0.717, 1.165) is 29.9 Å². The molecule has 5 heteroatoms.